The molecule has 1 aliphatic heterocycles. The number of anilines is 1. The van der Waals surface area contributed by atoms with Crippen molar-refractivity contribution in [1.82, 2.24) is 19.9 Å². The lowest BCUT2D eigenvalue weighted by Gasteiger charge is -2.33. The zero-order valence-electron chi connectivity index (χ0n) is 10.7. The summed E-state index contributed by atoms with van der Waals surface area (Å²) in [6.07, 6.45) is 6.87. The molecule has 98 valence electrons. The van der Waals surface area contributed by atoms with Crippen LogP contribution in [0.4, 0.5) is 5.82 Å². The molecule has 2 aromatic rings. The Bertz CT molecular complexity index is 548. The van der Waals surface area contributed by atoms with Gasteiger partial charge in [0.05, 0.1) is 25.0 Å². The Balaban J connectivity index is 1.78. The summed E-state index contributed by atoms with van der Waals surface area (Å²) >= 11 is 0. The minimum absolute atomic E-state index is 0.0440. The van der Waals surface area contributed by atoms with E-state index in [1.54, 1.807) is 24.8 Å². The Morgan fingerprint density at radius 3 is 3.00 bits per heavy atom. The fraction of sp³-hybridized carbons (Fsp3) is 0.385. The molecule has 0 aliphatic carbocycles. The number of nitrogens with zero attached hydrogens (tertiary/aromatic N) is 5. The highest BCUT2D eigenvalue weighted by atomic mass is 16.5. The van der Waals surface area contributed by atoms with Crippen LogP contribution in [0.15, 0.2) is 30.9 Å². The van der Waals surface area contributed by atoms with Crippen molar-refractivity contribution >= 4 is 5.82 Å². The van der Waals surface area contributed by atoms with E-state index in [0.29, 0.717) is 6.61 Å². The SMILES string of the molecule is Cc1nccc([C@H]2CN(c3cnccn3)CCO2)n1. The Morgan fingerprint density at radius 1 is 1.26 bits per heavy atom. The molecule has 0 N–H and O–H groups in total. The number of aryl methyl sites for hydroxylation is 1. The van der Waals surface area contributed by atoms with E-state index < -0.39 is 0 Å². The van der Waals surface area contributed by atoms with E-state index in [2.05, 4.69) is 24.8 Å². The third-order valence-corrected chi connectivity index (χ3v) is 3.07. The molecule has 1 aliphatic rings. The molecule has 1 atom stereocenters. The second-order valence-electron chi connectivity index (χ2n) is 4.40. The molecule has 0 unspecified atom stereocenters. The number of hydrogen-bond donors (Lipinski definition) is 0. The zero-order chi connectivity index (χ0) is 13.1. The van der Waals surface area contributed by atoms with Crippen LogP contribution in [0, 0.1) is 6.92 Å². The normalized spacial score (nSPS) is 19.4. The summed E-state index contributed by atoms with van der Waals surface area (Å²) in [5.41, 5.74) is 0.918. The average molecular weight is 257 g/mol. The van der Waals surface area contributed by atoms with Gasteiger partial charge in [-0.3, -0.25) is 4.98 Å². The van der Waals surface area contributed by atoms with Crippen LogP contribution in [0.1, 0.15) is 17.6 Å². The van der Waals surface area contributed by atoms with Crippen LogP contribution in [-0.4, -0.2) is 39.6 Å². The van der Waals surface area contributed by atoms with Gasteiger partial charge in [-0.1, -0.05) is 0 Å². The summed E-state index contributed by atoms with van der Waals surface area (Å²) < 4.78 is 5.79. The monoisotopic (exact) mass is 257 g/mol. The summed E-state index contributed by atoms with van der Waals surface area (Å²) in [6.45, 7) is 4.09. The van der Waals surface area contributed by atoms with Crippen LogP contribution in [0.5, 0.6) is 0 Å². The summed E-state index contributed by atoms with van der Waals surface area (Å²) in [6, 6.07) is 1.90. The highest BCUT2D eigenvalue weighted by Crippen LogP contribution is 2.23. The van der Waals surface area contributed by atoms with Crippen LogP contribution in [-0.2, 0) is 4.74 Å². The molecule has 6 heteroatoms. The Labute approximate surface area is 111 Å². The van der Waals surface area contributed by atoms with Gasteiger partial charge >= 0.3 is 0 Å². The topological polar surface area (TPSA) is 64.0 Å². The smallest absolute Gasteiger partial charge is 0.147 e. The van der Waals surface area contributed by atoms with Crippen molar-refractivity contribution in [2.75, 3.05) is 24.6 Å². The van der Waals surface area contributed by atoms with Gasteiger partial charge in [-0.15, -0.1) is 0 Å². The molecule has 0 aromatic carbocycles. The van der Waals surface area contributed by atoms with Gasteiger partial charge in [0.25, 0.3) is 0 Å². The quantitative estimate of drug-likeness (QED) is 0.804. The first-order chi connectivity index (χ1) is 9.33. The van der Waals surface area contributed by atoms with Crippen LogP contribution in [0.25, 0.3) is 0 Å². The second-order valence-corrected chi connectivity index (χ2v) is 4.40. The van der Waals surface area contributed by atoms with E-state index in [9.17, 15) is 0 Å². The highest BCUT2D eigenvalue weighted by molar-refractivity contribution is 5.36. The maximum Gasteiger partial charge on any atom is 0.147 e. The number of aromatic nitrogens is 4. The van der Waals surface area contributed by atoms with Gasteiger partial charge in [0.1, 0.15) is 17.7 Å². The van der Waals surface area contributed by atoms with Gasteiger partial charge in [-0.25, -0.2) is 15.0 Å². The molecular formula is C13H15N5O. The number of morpholine rings is 1. The molecule has 6 nitrogen and oxygen atoms in total. The molecule has 1 fully saturated rings. The minimum atomic E-state index is -0.0440. The molecule has 2 aromatic heterocycles. The fourth-order valence-corrected chi connectivity index (χ4v) is 2.14. The average Bonchev–Trinajstić information content (AvgIpc) is 2.48. The molecule has 3 rings (SSSR count). The van der Waals surface area contributed by atoms with Crippen LogP contribution in [0.3, 0.4) is 0 Å². The van der Waals surface area contributed by atoms with Gasteiger partial charge in [0, 0.05) is 25.1 Å². The van der Waals surface area contributed by atoms with E-state index in [0.717, 1.165) is 30.4 Å². The molecular weight excluding hydrogens is 242 g/mol. The fourth-order valence-electron chi connectivity index (χ4n) is 2.14. The summed E-state index contributed by atoms with van der Waals surface area (Å²) in [4.78, 5) is 19.1. The van der Waals surface area contributed by atoms with Gasteiger partial charge in [-0.05, 0) is 13.0 Å². The first kappa shape index (κ1) is 12.0. The van der Waals surface area contributed by atoms with Crippen LogP contribution >= 0.6 is 0 Å². The van der Waals surface area contributed by atoms with Crippen molar-refractivity contribution < 1.29 is 4.74 Å². The van der Waals surface area contributed by atoms with Crippen LogP contribution < -0.4 is 4.90 Å². The summed E-state index contributed by atoms with van der Waals surface area (Å²) in [7, 11) is 0. The number of hydrogen-bond acceptors (Lipinski definition) is 6. The first-order valence-corrected chi connectivity index (χ1v) is 6.25. The highest BCUT2D eigenvalue weighted by Gasteiger charge is 2.24. The zero-order valence-corrected chi connectivity index (χ0v) is 10.7. The van der Waals surface area contributed by atoms with Gasteiger partial charge in [-0.2, -0.15) is 0 Å². The lowest BCUT2D eigenvalue weighted by atomic mass is 10.2. The van der Waals surface area contributed by atoms with E-state index in [4.69, 9.17) is 4.74 Å². The maximum atomic E-state index is 5.79. The Hall–Kier alpha value is -2.08. The van der Waals surface area contributed by atoms with E-state index in [1.165, 1.54) is 0 Å². The van der Waals surface area contributed by atoms with Crippen molar-refractivity contribution in [2.24, 2.45) is 0 Å². The maximum absolute atomic E-state index is 5.79. The summed E-state index contributed by atoms with van der Waals surface area (Å²) in [5.74, 6) is 1.64. The first-order valence-electron chi connectivity index (χ1n) is 6.25. The summed E-state index contributed by atoms with van der Waals surface area (Å²) in [5, 5.41) is 0. The molecule has 1 saturated heterocycles. The third-order valence-electron chi connectivity index (χ3n) is 3.07. The molecule has 0 saturated carbocycles. The Kier molecular flexibility index (Phi) is 3.33. The van der Waals surface area contributed by atoms with Crippen molar-refractivity contribution in [3.05, 3.63) is 42.4 Å². The van der Waals surface area contributed by atoms with E-state index >= 15 is 0 Å². The molecule has 0 amide bonds. The van der Waals surface area contributed by atoms with E-state index in [1.807, 2.05) is 13.0 Å². The number of rotatable bonds is 2. The molecule has 19 heavy (non-hydrogen) atoms. The van der Waals surface area contributed by atoms with Gasteiger partial charge < -0.3 is 9.64 Å². The largest absolute Gasteiger partial charge is 0.368 e. The van der Waals surface area contributed by atoms with E-state index in [-0.39, 0.29) is 6.10 Å². The van der Waals surface area contributed by atoms with Gasteiger partial charge in [0.15, 0.2) is 0 Å². The number of ether oxygens (including phenoxy) is 1. The molecule has 0 bridgehead atoms. The molecule has 0 radical (unpaired) electrons. The van der Waals surface area contributed by atoms with Crippen LogP contribution in [0.2, 0.25) is 0 Å². The third kappa shape index (κ3) is 2.68. The second kappa shape index (κ2) is 5.27. The lowest BCUT2D eigenvalue weighted by molar-refractivity contribution is 0.0365. The molecule has 0 spiro atoms. The van der Waals surface area contributed by atoms with Crippen molar-refractivity contribution in [3.63, 3.8) is 0 Å². The molecule has 3 heterocycles. The predicted octanol–water partition coefficient (Wildman–Crippen LogP) is 1.15. The standard InChI is InChI=1S/C13H15N5O/c1-10-15-3-2-11(17-10)12-9-18(6-7-19-12)13-8-14-4-5-16-13/h2-5,8,12H,6-7,9H2,1H3/t12-/m1/s1. The van der Waals surface area contributed by atoms with Crippen molar-refractivity contribution in [3.8, 4) is 0 Å². The van der Waals surface area contributed by atoms with Crippen molar-refractivity contribution in [2.45, 2.75) is 13.0 Å². The van der Waals surface area contributed by atoms with Gasteiger partial charge in [0.2, 0.25) is 0 Å². The minimum Gasteiger partial charge on any atom is -0.368 e. The predicted molar refractivity (Wildman–Crippen MR) is 69.7 cm³/mol. The van der Waals surface area contributed by atoms with Crippen molar-refractivity contribution in [1.29, 1.82) is 0 Å². The Morgan fingerprint density at radius 2 is 2.21 bits per heavy atom. The lowest BCUT2D eigenvalue weighted by Crippen LogP contribution is -2.39.